The van der Waals surface area contributed by atoms with Crippen LogP contribution in [-0.2, 0) is 13.2 Å². The van der Waals surface area contributed by atoms with Gasteiger partial charge in [-0.05, 0) is 59.7 Å². The molecule has 2 fully saturated rings. The van der Waals surface area contributed by atoms with Gasteiger partial charge in [0, 0.05) is 37.7 Å². The lowest BCUT2D eigenvalue weighted by atomic mass is 9.91. The number of methoxy groups -OCH3 is 2. The second kappa shape index (κ2) is 12.0. The molecule has 0 unspecified atom stereocenters. The largest absolute Gasteiger partial charge is 0.508 e. The number of nitrogens with zero attached hydrogens (tertiary/aromatic N) is 4. The zero-order chi connectivity index (χ0) is 33.7. The number of fused-ring (bicyclic) bond motifs is 4. The lowest BCUT2D eigenvalue weighted by Crippen LogP contribution is -2.36. The number of ether oxygens (including phenoxy) is 4. The minimum absolute atomic E-state index is 0.0253. The minimum atomic E-state index is -0.123. The van der Waals surface area contributed by atoms with E-state index in [2.05, 4.69) is 30.4 Å². The van der Waals surface area contributed by atoms with Crippen LogP contribution < -0.4 is 18.9 Å². The molecular formula is C37H38N4O7. The van der Waals surface area contributed by atoms with Gasteiger partial charge in [-0.25, -0.2) is 0 Å². The Morgan fingerprint density at radius 3 is 1.90 bits per heavy atom. The van der Waals surface area contributed by atoms with Gasteiger partial charge < -0.3 is 33.9 Å². The lowest BCUT2D eigenvalue weighted by molar-refractivity contribution is 0.0758. The molecule has 48 heavy (non-hydrogen) atoms. The minimum Gasteiger partial charge on any atom is -0.508 e. The molecule has 248 valence electrons. The fourth-order valence-electron chi connectivity index (χ4n) is 6.93. The Labute approximate surface area is 279 Å². The summed E-state index contributed by atoms with van der Waals surface area (Å²) in [5, 5.41) is 10.6. The predicted octanol–water partition coefficient (Wildman–Crippen LogP) is 6.01. The van der Waals surface area contributed by atoms with E-state index in [0.717, 1.165) is 12.0 Å². The van der Waals surface area contributed by atoms with E-state index < -0.39 is 0 Å². The van der Waals surface area contributed by atoms with Crippen LogP contribution in [0.15, 0.2) is 64.6 Å². The number of hydrogen-bond donors (Lipinski definition) is 1. The number of rotatable bonds is 8. The summed E-state index contributed by atoms with van der Waals surface area (Å²) >= 11 is 0. The van der Waals surface area contributed by atoms with Crippen LogP contribution in [0.1, 0.15) is 58.5 Å². The first-order chi connectivity index (χ1) is 23.0. The fourth-order valence-corrected chi connectivity index (χ4v) is 6.93. The molecule has 11 nitrogen and oxygen atoms in total. The van der Waals surface area contributed by atoms with Gasteiger partial charge in [0.2, 0.25) is 0 Å². The Morgan fingerprint density at radius 1 is 0.792 bits per heavy atom. The topological polar surface area (TPSA) is 122 Å². The highest BCUT2D eigenvalue weighted by molar-refractivity contribution is 6.04. The highest BCUT2D eigenvalue weighted by Gasteiger charge is 2.41. The van der Waals surface area contributed by atoms with Gasteiger partial charge >= 0.3 is 0 Å². The molecule has 2 amide bonds. The summed E-state index contributed by atoms with van der Waals surface area (Å²) in [6.07, 6.45) is 5.17. The Balaban J connectivity index is 1.07. The van der Waals surface area contributed by atoms with Crippen LogP contribution in [0, 0.1) is 5.41 Å². The summed E-state index contributed by atoms with van der Waals surface area (Å²) < 4.78 is 23.5. The summed E-state index contributed by atoms with van der Waals surface area (Å²) in [5.74, 6) is 1.52. The molecule has 0 saturated carbocycles. The van der Waals surface area contributed by atoms with Crippen molar-refractivity contribution in [2.24, 2.45) is 15.4 Å². The quantitative estimate of drug-likeness (QED) is 0.296. The maximum atomic E-state index is 13.5. The van der Waals surface area contributed by atoms with Crippen LogP contribution in [0.2, 0.25) is 0 Å². The Hall–Kier alpha value is -5.32. The van der Waals surface area contributed by atoms with Gasteiger partial charge in [0.15, 0.2) is 23.0 Å². The molecule has 0 aliphatic carbocycles. The molecular weight excluding hydrogens is 612 g/mol. The molecule has 0 bridgehead atoms. The molecule has 11 heteroatoms. The summed E-state index contributed by atoms with van der Waals surface area (Å²) in [5.41, 5.74) is 4.36. The van der Waals surface area contributed by atoms with Crippen LogP contribution in [0.3, 0.4) is 0 Å². The number of aromatic hydroxyl groups is 1. The first-order valence-electron chi connectivity index (χ1n) is 15.9. The average molecular weight is 651 g/mol. The molecule has 0 spiro atoms. The van der Waals surface area contributed by atoms with Crippen molar-refractivity contribution in [1.29, 1.82) is 0 Å². The number of carbonyl (C=O) groups is 2. The van der Waals surface area contributed by atoms with Crippen molar-refractivity contribution >= 4 is 35.6 Å². The SMILES string of the molecule is C=C1C[C@H]2C=Nc3cc(OCc4cc(O)cc(COc5cc6c(cc5OC)C(=O)N5CC(C)(C)C[C@H]5C=N6)c4)c(OC)cc3C(=O)N2C1. The Morgan fingerprint density at radius 2 is 1.33 bits per heavy atom. The molecule has 4 aliphatic heterocycles. The van der Waals surface area contributed by atoms with Crippen molar-refractivity contribution in [2.45, 2.75) is 52.0 Å². The van der Waals surface area contributed by atoms with Crippen molar-refractivity contribution in [3.63, 3.8) is 0 Å². The molecule has 1 N–H and O–H groups in total. The highest BCUT2D eigenvalue weighted by Crippen LogP contribution is 2.42. The second-order valence-electron chi connectivity index (χ2n) is 13.5. The van der Waals surface area contributed by atoms with Crippen LogP contribution in [0.25, 0.3) is 0 Å². The van der Waals surface area contributed by atoms with E-state index in [0.29, 0.717) is 76.1 Å². The van der Waals surface area contributed by atoms with E-state index in [1.54, 1.807) is 47.5 Å². The summed E-state index contributed by atoms with van der Waals surface area (Å²) in [6.45, 7) is 9.73. The number of phenols is 1. The number of hydrogen-bond acceptors (Lipinski definition) is 9. The van der Waals surface area contributed by atoms with Gasteiger partial charge in [0.25, 0.3) is 11.8 Å². The zero-order valence-electron chi connectivity index (χ0n) is 27.5. The maximum absolute atomic E-state index is 13.5. The van der Waals surface area contributed by atoms with E-state index >= 15 is 0 Å². The van der Waals surface area contributed by atoms with Gasteiger partial charge in [0.05, 0.1) is 48.8 Å². The van der Waals surface area contributed by atoms with Crippen molar-refractivity contribution in [2.75, 3.05) is 27.3 Å². The van der Waals surface area contributed by atoms with E-state index in [9.17, 15) is 14.7 Å². The summed E-state index contributed by atoms with van der Waals surface area (Å²) in [6, 6.07) is 11.7. The molecule has 3 aromatic carbocycles. The van der Waals surface area contributed by atoms with E-state index in [1.807, 2.05) is 17.2 Å². The molecule has 4 heterocycles. The van der Waals surface area contributed by atoms with Gasteiger partial charge in [-0.2, -0.15) is 0 Å². The third-order valence-corrected chi connectivity index (χ3v) is 9.20. The van der Waals surface area contributed by atoms with Crippen LogP contribution in [0.5, 0.6) is 28.7 Å². The van der Waals surface area contributed by atoms with Gasteiger partial charge in [-0.1, -0.05) is 26.0 Å². The molecule has 0 radical (unpaired) electrons. The molecule has 0 aromatic heterocycles. The van der Waals surface area contributed by atoms with Gasteiger partial charge in [-0.15, -0.1) is 0 Å². The molecule has 3 aromatic rings. The molecule has 2 atom stereocenters. The van der Waals surface area contributed by atoms with Crippen molar-refractivity contribution < 1.29 is 33.6 Å². The molecule has 4 aliphatic rings. The number of aliphatic imine (C=N–C) groups is 2. The standard InChI is InChI=1S/C37H38N4O7/c1-21-6-24-15-38-29-12-33(31(45-4)10-27(29)35(43)40(24)17-21)47-18-22-7-23(9-26(42)8-22)19-48-34-13-30-28(11-32(34)46-5)36(44)41-20-37(2,3)14-25(41)16-39-30/h7-13,15-16,24-25,42H,1,6,14,17-20H2,2-5H3/t24-,25-/m0/s1. The van der Waals surface area contributed by atoms with Gasteiger partial charge in [-0.3, -0.25) is 19.6 Å². The first kappa shape index (κ1) is 31.3. The number of benzene rings is 3. The van der Waals surface area contributed by atoms with E-state index in [1.165, 1.54) is 14.2 Å². The van der Waals surface area contributed by atoms with Crippen LogP contribution in [-0.4, -0.2) is 78.5 Å². The third kappa shape index (κ3) is 5.85. The monoisotopic (exact) mass is 650 g/mol. The third-order valence-electron chi connectivity index (χ3n) is 9.20. The van der Waals surface area contributed by atoms with E-state index in [4.69, 9.17) is 18.9 Å². The maximum Gasteiger partial charge on any atom is 0.257 e. The highest BCUT2D eigenvalue weighted by atomic mass is 16.5. The number of phenolic OH excluding ortho intramolecular Hbond substituents is 1. The zero-order valence-corrected chi connectivity index (χ0v) is 27.5. The van der Waals surface area contributed by atoms with Crippen molar-refractivity contribution in [3.05, 3.63) is 76.9 Å². The summed E-state index contributed by atoms with van der Waals surface area (Å²) in [7, 11) is 3.05. The Kier molecular flexibility index (Phi) is 7.85. The normalized spacial score (nSPS) is 20.5. The van der Waals surface area contributed by atoms with E-state index in [-0.39, 0.29) is 48.3 Å². The van der Waals surface area contributed by atoms with Crippen LogP contribution >= 0.6 is 0 Å². The van der Waals surface area contributed by atoms with Crippen molar-refractivity contribution in [3.8, 4) is 28.7 Å². The second-order valence-corrected chi connectivity index (χ2v) is 13.5. The Bertz CT molecular complexity index is 1900. The first-order valence-corrected chi connectivity index (χ1v) is 15.9. The van der Waals surface area contributed by atoms with Crippen LogP contribution in [0.4, 0.5) is 11.4 Å². The smallest absolute Gasteiger partial charge is 0.257 e. The number of carbonyl (C=O) groups excluding carboxylic acids is 2. The molecule has 7 rings (SSSR count). The molecule has 2 saturated heterocycles. The predicted molar refractivity (Wildman–Crippen MR) is 181 cm³/mol. The van der Waals surface area contributed by atoms with Crippen molar-refractivity contribution in [1.82, 2.24) is 9.80 Å². The lowest BCUT2D eigenvalue weighted by Gasteiger charge is -2.22. The summed E-state index contributed by atoms with van der Waals surface area (Å²) in [4.78, 5) is 39.7. The number of amides is 2. The fraction of sp³-hybridized carbons (Fsp3) is 0.351. The average Bonchev–Trinajstić information content (AvgIpc) is 3.53. The van der Waals surface area contributed by atoms with Gasteiger partial charge in [0.1, 0.15) is 19.0 Å².